The van der Waals surface area contributed by atoms with Crippen LogP contribution in [0.3, 0.4) is 0 Å². The third-order valence-corrected chi connectivity index (χ3v) is 6.18. The minimum atomic E-state index is -0.0410. The molecule has 4 rings (SSSR count). The monoisotopic (exact) mass is 399 g/mol. The van der Waals surface area contributed by atoms with Gasteiger partial charge in [0.2, 0.25) is 0 Å². The van der Waals surface area contributed by atoms with Crippen molar-refractivity contribution in [3.63, 3.8) is 0 Å². The molecule has 2 nitrogen and oxygen atoms in total. The fourth-order valence-electron chi connectivity index (χ4n) is 4.01. The van der Waals surface area contributed by atoms with Gasteiger partial charge in [-0.1, -0.05) is 60.7 Å². The molecular weight excluding hydrogens is 374 g/mol. The second-order valence-electron chi connectivity index (χ2n) is 6.96. The predicted octanol–water partition coefficient (Wildman–Crippen LogP) is 5.56. The van der Waals surface area contributed by atoms with Crippen molar-refractivity contribution in [2.75, 3.05) is 13.2 Å². The summed E-state index contributed by atoms with van der Waals surface area (Å²) in [5.74, 6) is 0. The van der Waals surface area contributed by atoms with E-state index in [0.717, 1.165) is 39.1 Å². The number of fused-ring (bicyclic) bond motifs is 1. The number of benzene rings is 2. The number of ether oxygens (including phenoxy) is 1. The van der Waals surface area contributed by atoms with E-state index < -0.39 is 0 Å². The quantitative estimate of drug-likeness (QED) is 0.525. The van der Waals surface area contributed by atoms with Crippen molar-refractivity contribution < 1.29 is 4.74 Å². The second kappa shape index (κ2) is 9.52. The van der Waals surface area contributed by atoms with Crippen LogP contribution in [0.5, 0.6) is 0 Å². The molecule has 1 atom stereocenters. The summed E-state index contributed by atoms with van der Waals surface area (Å²) in [6, 6.07) is 24.0. The summed E-state index contributed by atoms with van der Waals surface area (Å²) in [6.07, 6.45) is 2.21. The van der Waals surface area contributed by atoms with Crippen molar-refractivity contribution in [3.8, 4) is 0 Å². The van der Waals surface area contributed by atoms with E-state index in [4.69, 9.17) is 4.74 Å². The molecule has 0 saturated heterocycles. The Balaban J connectivity index is 0.00000210. The maximum absolute atomic E-state index is 6.06. The highest BCUT2D eigenvalue weighted by Crippen LogP contribution is 2.41. The van der Waals surface area contributed by atoms with Crippen LogP contribution in [0.15, 0.2) is 72.1 Å². The molecule has 0 bridgehead atoms. The molecule has 4 heteroatoms. The normalized spacial score (nSPS) is 18.5. The van der Waals surface area contributed by atoms with Gasteiger partial charge < -0.3 is 10.1 Å². The van der Waals surface area contributed by atoms with Crippen molar-refractivity contribution >= 4 is 23.7 Å². The Morgan fingerprint density at radius 3 is 2.59 bits per heavy atom. The van der Waals surface area contributed by atoms with Crippen LogP contribution < -0.4 is 5.32 Å². The van der Waals surface area contributed by atoms with E-state index in [1.807, 2.05) is 11.3 Å². The van der Waals surface area contributed by atoms with E-state index in [-0.39, 0.29) is 17.8 Å². The zero-order valence-electron chi connectivity index (χ0n) is 15.4. The zero-order chi connectivity index (χ0) is 17.7. The van der Waals surface area contributed by atoms with E-state index in [1.165, 1.54) is 21.6 Å². The van der Waals surface area contributed by atoms with Crippen molar-refractivity contribution in [1.82, 2.24) is 5.32 Å². The lowest BCUT2D eigenvalue weighted by molar-refractivity contribution is 0.0613. The summed E-state index contributed by atoms with van der Waals surface area (Å²) in [5.41, 5.74) is 4.09. The summed E-state index contributed by atoms with van der Waals surface area (Å²) >= 11 is 1.81. The van der Waals surface area contributed by atoms with Crippen LogP contribution in [-0.2, 0) is 23.3 Å². The first kappa shape index (κ1) is 20.1. The van der Waals surface area contributed by atoms with Gasteiger partial charge in [-0.3, -0.25) is 0 Å². The smallest absolute Gasteiger partial charge is 0.0720 e. The Labute approximate surface area is 172 Å². The molecule has 142 valence electrons. The topological polar surface area (TPSA) is 21.3 Å². The van der Waals surface area contributed by atoms with E-state index in [1.54, 1.807) is 0 Å². The molecule has 27 heavy (non-hydrogen) atoms. The van der Waals surface area contributed by atoms with Gasteiger partial charge in [-0.05, 0) is 47.5 Å². The number of thiophene rings is 1. The largest absolute Gasteiger partial charge is 0.375 e. The predicted molar refractivity (Wildman–Crippen MR) is 116 cm³/mol. The van der Waals surface area contributed by atoms with Crippen LogP contribution in [0, 0.1) is 0 Å². The Bertz CT molecular complexity index is 821. The molecule has 1 aromatic heterocycles. The maximum atomic E-state index is 6.06. The van der Waals surface area contributed by atoms with Gasteiger partial charge in [-0.15, -0.1) is 23.7 Å². The first-order chi connectivity index (χ1) is 12.9. The van der Waals surface area contributed by atoms with Crippen molar-refractivity contribution in [2.24, 2.45) is 0 Å². The van der Waals surface area contributed by atoms with E-state index in [2.05, 4.69) is 77.4 Å². The van der Waals surface area contributed by atoms with Gasteiger partial charge in [0, 0.05) is 16.8 Å². The summed E-state index contributed by atoms with van der Waals surface area (Å²) in [4.78, 5) is 1.40. The summed E-state index contributed by atoms with van der Waals surface area (Å²) in [6.45, 7) is 3.47. The average molecular weight is 400 g/mol. The van der Waals surface area contributed by atoms with Crippen molar-refractivity contribution in [3.05, 3.63) is 93.7 Å². The highest BCUT2D eigenvalue weighted by molar-refractivity contribution is 7.09. The standard InChI is InChI=1S/C23H25NOS.ClH/c1-2-9-20(10-3-1)23(13-7-14-24-16-21-11-6-15-26-21)18-25-17-19-8-4-5-12-22(19)23;/h1-6,8-12,15,24H,7,13-14,16-18H2;1H. The van der Waals surface area contributed by atoms with Gasteiger partial charge in [-0.25, -0.2) is 0 Å². The van der Waals surface area contributed by atoms with Crippen molar-refractivity contribution in [1.29, 1.82) is 0 Å². The number of nitrogens with one attached hydrogen (secondary N) is 1. The summed E-state index contributed by atoms with van der Waals surface area (Å²) < 4.78 is 6.06. The Morgan fingerprint density at radius 1 is 0.963 bits per heavy atom. The van der Waals surface area contributed by atoms with E-state index >= 15 is 0 Å². The second-order valence-corrected chi connectivity index (χ2v) is 7.99. The number of hydrogen-bond donors (Lipinski definition) is 1. The summed E-state index contributed by atoms with van der Waals surface area (Å²) in [5, 5.41) is 5.73. The lowest BCUT2D eigenvalue weighted by atomic mass is 9.69. The highest BCUT2D eigenvalue weighted by Gasteiger charge is 2.38. The average Bonchev–Trinajstić information content (AvgIpc) is 3.22. The highest BCUT2D eigenvalue weighted by atomic mass is 35.5. The van der Waals surface area contributed by atoms with Gasteiger partial charge in [-0.2, -0.15) is 0 Å². The molecule has 1 unspecified atom stereocenters. The lowest BCUT2D eigenvalue weighted by Gasteiger charge is -2.40. The molecule has 3 aromatic rings. The minimum absolute atomic E-state index is 0. The molecule has 1 N–H and O–H groups in total. The molecule has 0 radical (unpaired) electrons. The van der Waals surface area contributed by atoms with Crippen LogP contribution in [0.2, 0.25) is 0 Å². The molecule has 1 aliphatic heterocycles. The Hall–Kier alpha value is -1.65. The SMILES string of the molecule is Cl.c1ccc(C2(CCCNCc3cccs3)COCc3ccccc32)cc1. The third kappa shape index (κ3) is 4.44. The molecule has 2 heterocycles. The van der Waals surface area contributed by atoms with Crippen LogP contribution in [-0.4, -0.2) is 13.2 Å². The van der Waals surface area contributed by atoms with Crippen LogP contribution in [0.1, 0.15) is 34.4 Å². The number of halogens is 1. The minimum Gasteiger partial charge on any atom is -0.375 e. The molecule has 2 aromatic carbocycles. The Morgan fingerprint density at radius 2 is 1.78 bits per heavy atom. The molecule has 0 amide bonds. The molecule has 0 aliphatic carbocycles. The molecule has 0 saturated carbocycles. The fourth-order valence-corrected chi connectivity index (χ4v) is 4.69. The van der Waals surface area contributed by atoms with E-state index in [9.17, 15) is 0 Å². The van der Waals surface area contributed by atoms with Gasteiger partial charge in [0.15, 0.2) is 0 Å². The van der Waals surface area contributed by atoms with Gasteiger partial charge in [0.05, 0.1) is 13.2 Å². The van der Waals surface area contributed by atoms with Crippen LogP contribution >= 0.6 is 23.7 Å². The number of rotatable bonds is 7. The number of hydrogen-bond acceptors (Lipinski definition) is 3. The van der Waals surface area contributed by atoms with Gasteiger partial charge >= 0.3 is 0 Å². The van der Waals surface area contributed by atoms with Crippen molar-refractivity contribution in [2.45, 2.75) is 31.4 Å². The first-order valence-corrected chi connectivity index (χ1v) is 10.2. The molecule has 0 fully saturated rings. The third-order valence-electron chi connectivity index (χ3n) is 5.30. The summed E-state index contributed by atoms with van der Waals surface area (Å²) in [7, 11) is 0. The molecular formula is C23H26ClNOS. The lowest BCUT2D eigenvalue weighted by Crippen LogP contribution is -2.38. The fraction of sp³-hybridized carbons (Fsp3) is 0.304. The molecule has 0 spiro atoms. The van der Waals surface area contributed by atoms with Gasteiger partial charge in [0.25, 0.3) is 0 Å². The molecule has 1 aliphatic rings. The Kier molecular flexibility index (Phi) is 7.08. The van der Waals surface area contributed by atoms with Crippen LogP contribution in [0.25, 0.3) is 0 Å². The van der Waals surface area contributed by atoms with Crippen LogP contribution in [0.4, 0.5) is 0 Å². The maximum Gasteiger partial charge on any atom is 0.0720 e. The first-order valence-electron chi connectivity index (χ1n) is 9.33. The van der Waals surface area contributed by atoms with Gasteiger partial charge in [0.1, 0.15) is 0 Å². The van der Waals surface area contributed by atoms with E-state index in [0.29, 0.717) is 0 Å². The zero-order valence-corrected chi connectivity index (χ0v) is 17.0.